The van der Waals surface area contributed by atoms with E-state index in [1.165, 1.54) is 199 Å². The van der Waals surface area contributed by atoms with Crippen LogP contribution in [0.15, 0.2) is 44.6 Å². The van der Waals surface area contributed by atoms with E-state index in [1.54, 1.807) is 34.8 Å². The number of carbonyl (C=O) groups is 3. The minimum Gasteiger partial charge on any atom is -0.461 e. The quantitative estimate of drug-likeness (QED) is 0.112. The number of allylic oxidation sites excluding steroid dienone is 4. The third kappa shape index (κ3) is 16.7. The lowest BCUT2D eigenvalue weighted by atomic mass is 9.51. The maximum absolute atomic E-state index is 12.3. The summed E-state index contributed by atoms with van der Waals surface area (Å²) in [7, 11) is 0. The Balaban J connectivity index is 0.000000108. The number of hydrogen-bond acceptors (Lipinski definition) is 14. The number of fused-ring (bicyclic) bond motifs is 24. The maximum atomic E-state index is 12.3. The van der Waals surface area contributed by atoms with Crippen LogP contribution in [0.25, 0.3) is 0 Å². The number of aliphatic hydroxyl groups excluding tert-OH is 1. The molecule has 43 atom stereocenters. The first kappa shape index (κ1) is 97.3. The van der Waals surface area contributed by atoms with Crippen molar-refractivity contribution in [1.29, 1.82) is 0 Å². The number of Topliss-reactive ketones (excluding diaryl/α,β-unsaturated/α-hetero) is 1. The molecule has 8 aliphatic heterocycles. The maximum Gasteiger partial charge on any atom is 0.319 e. The minimum absolute atomic E-state index is 0.00134. The molecular weight excluding hydrogens is 1660 g/mol. The van der Waals surface area contributed by atoms with Gasteiger partial charge in [0.1, 0.15) is 11.9 Å². The Morgan fingerprint density at radius 1 is 0.425 bits per heavy atom. The summed E-state index contributed by atoms with van der Waals surface area (Å²) in [4.78, 5) is 38.2. The Morgan fingerprint density at radius 2 is 0.799 bits per heavy atom. The van der Waals surface area contributed by atoms with Gasteiger partial charge in [-0.3, -0.25) is 19.3 Å². The van der Waals surface area contributed by atoms with Crippen LogP contribution in [0.2, 0.25) is 0 Å². The number of nitrogens with one attached hydrogen (secondary N) is 4. The minimum atomic E-state index is -0.238. The second-order valence-corrected chi connectivity index (χ2v) is 54.8. The molecule has 0 aromatic rings. The fourth-order valence-electron chi connectivity index (χ4n) is 40.6. The lowest BCUT2D eigenvalue weighted by Gasteiger charge is -2.54. The van der Waals surface area contributed by atoms with Crippen molar-refractivity contribution in [2.24, 2.45) is 175 Å². The van der Waals surface area contributed by atoms with Gasteiger partial charge in [-0.25, -0.2) is 0 Å². The van der Waals surface area contributed by atoms with E-state index in [2.05, 4.69) is 144 Å². The van der Waals surface area contributed by atoms with E-state index in [-0.39, 0.29) is 53.0 Å². The van der Waals surface area contributed by atoms with Gasteiger partial charge in [-0.15, -0.1) is 0 Å². The Morgan fingerprint density at radius 3 is 1.22 bits per heavy atom. The van der Waals surface area contributed by atoms with Gasteiger partial charge >= 0.3 is 5.97 Å². The van der Waals surface area contributed by atoms with Crippen LogP contribution in [0.1, 0.15) is 381 Å². The van der Waals surface area contributed by atoms with Crippen LogP contribution in [0.5, 0.6) is 0 Å². The van der Waals surface area contributed by atoms with Gasteiger partial charge < -0.3 is 55.8 Å². The molecule has 20 fully saturated rings. The SMILES string of the molecule is CC(=O)NCCN1C[C@@H](C)C[C@H]2O[C@]3(CC[C@@H]4C(=C(C)C3)C[C@H]3[C@H]4CC[C@@H]4CC(=O)CC[C@@]43C)[C@H](C)[C@@H]21.CC1=C2C[C@H]3[C@@H](CC[C@@H]4C[C@H](C)CC[C@@]43C)[C@@H]2CC[C@@]2(C1)O[C@@H]1C[C@H](C)CN[C@H]1[C@H]2C.CC1=C2C[C@H]3[C@@H](CC[C@@H]4C[C@H](O)CC[C@@]43C)[C@@H]2CC[C@@]2(C1)O[C@@H]1C[C@H](C)CN[C@H]1[C@H]2C.CC1=C2C[C@H]3[C@@H](CC[C@@H]4C[C@H](OC(=O)CN)CC[C@@]43C)[C@@H]2CC[C@@]2(C1)O[C@@H]1C[C@H](C)CN[C@H]1[C@H]2C. The highest BCUT2D eigenvalue weighted by Gasteiger charge is 2.67. The molecule has 0 bridgehead atoms. The van der Waals surface area contributed by atoms with Crippen molar-refractivity contribution in [2.75, 3.05) is 45.8 Å². The highest BCUT2D eigenvalue weighted by Crippen LogP contribution is 2.72. The van der Waals surface area contributed by atoms with Gasteiger partial charge in [0, 0.05) is 87.2 Å². The number of esters is 1. The molecule has 8 saturated heterocycles. The molecule has 0 unspecified atom stereocenters. The number of ether oxygens (including phenoxy) is 5. The number of nitrogens with two attached hydrogens (primary N) is 1. The van der Waals surface area contributed by atoms with Crippen molar-refractivity contribution in [3.05, 3.63) is 44.6 Å². The molecule has 8 heterocycles. The molecular formula is C119H190N6O9. The van der Waals surface area contributed by atoms with Crippen molar-refractivity contribution in [2.45, 2.75) is 465 Å². The summed E-state index contributed by atoms with van der Waals surface area (Å²) >= 11 is 0. The molecule has 7 N–H and O–H groups in total. The van der Waals surface area contributed by atoms with Gasteiger partial charge in [-0.2, -0.15) is 0 Å². The second kappa shape index (κ2) is 37.0. The zero-order chi connectivity index (χ0) is 93.7. The lowest BCUT2D eigenvalue weighted by molar-refractivity contribution is -0.155. The first-order valence-electron chi connectivity index (χ1n) is 57.7. The normalized spacial score (nSPS) is 52.8. The molecule has 134 heavy (non-hydrogen) atoms. The average Bonchev–Trinajstić information content (AvgIpc) is 1.55. The summed E-state index contributed by atoms with van der Waals surface area (Å²) in [5, 5.41) is 24.9. The average molecular weight is 1850 g/mol. The van der Waals surface area contributed by atoms with E-state index < -0.39 is 0 Å². The lowest BCUT2D eigenvalue weighted by Crippen LogP contribution is -2.53. The van der Waals surface area contributed by atoms with Crippen LogP contribution in [-0.4, -0.2) is 157 Å². The summed E-state index contributed by atoms with van der Waals surface area (Å²) in [6, 6.07) is 2.14. The van der Waals surface area contributed by atoms with Gasteiger partial charge in [0.2, 0.25) is 5.91 Å². The van der Waals surface area contributed by atoms with Crippen LogP contribution in [0.3, 0.4) is 0 Å². The van der Waals surface area contributed by atoms with Crippen molar-refractivity contribution >= 4 is 17.7 Å². The number of hydrogen-bond donors (Lipinski definition) is 6. The number of nitrogens with zero attached hydrogens (tertiary/aromatic N) is 1. The zero-order valence-corrected chi connectivity index (χ0v) is 87.7. The van der Waals surface area contributed by atoms with E-state index in [0.29, 0.717) is 123 Å². The monoisotopic (exact) mass is 1850 g/mol. The molecule has 0 aromatic heterocycles. The molecule has 24 rings (SSSR count). The van der Waals surface area contributed by atoms with Crippen molar-refractivity contribution in [3.63, 3.8) is 0 Å². The Labute approximate surface area is 812 Å². The van der Waals surface area contributed by atoms with Crippen molar-refractivity contribution in [1.82, 2.24) is 26.2 Å². The zero-order valence-electron chi connectivity index (χ0n) is 87.7. The third-order valence-electron chi connectivity index (χ3n) is 48.0. The molecule has 15 heteroatoms. The smallest absolute Gasteiger partial charge is 0.319 e. The van der Waals surface area contributed by atoms with Gasteiger partial charge in [0.25, 0.3) is 0 Å². The summed E-state index contributed by atoms with van der Waals surface area (Å²) in [6.07, 6.45) is 51.5. The fourth-order valence-corrected chi connectivity index (χ4v) is 40.6. The Bertz CT molecular complexity index is 4350. The van der Waals surface area contributed by atoms with Gasteiger partial charge in [0.05, 0.1) is 59.5 Å². The van der Waals surface area contributed by atoms with E-state index >= 15 is 0 Å². The van der Waals surface area contributed by atoms with Gasteiger partial charge in [-0.1, -0.05) is 141 Å². The molecule has 4 spiro atoms. The first-order valence-corrected chi connectivity index (χ1v) is 57.7. The molecule has 750 valence electrons. The largest absolute Gasteiger partial charge is 0.461 e. The predicted octanol–water partition coefficient (Wildman–Crippen LogP) is 22.7. The van der Waals surface area contributed by atoms with E-state index in [0.717, 1.165) is 198 Å². The number of ketones is 1. The molecule has 16 aliphatic carbocycles. The summed E-state index contributed by atoms with van der Waals surface area (Å²) in [5.41, 5.74) is 21.6. The molecule has 1 amide bonds. The number of piperidine rings is 4. The van der Waals surface area contributed by atoms with E-state index in [1.807, 2.05) is 16.7 Å². The highest BCUT2D eigenvalue weighted by molar-refractivity contribution is 5.79. The van der Waals surface area contributed by atoms with Crippen LogP contribution >= 0.6 is 0 Å². The number of rotatable bonds is 5. The third-order valence-corrected chi connectivity index (χ3v) is 48.0. The molecule has 24 aliphatic rings. The number of likely N-dealkylation sites (tertiary alicyclic amines) is 1. The highest BCUT2D eigenvalue weighted by atomic mass is 16.5. The van der Waals surface area contributed by atoms with Crippen LogP contribution in [0, 0.1) is 170 Å². The number of amides is 1. The van der Waals surface area contributed by atoms with Crippen molar-refractivity contribution in [3.8, 4) is 0 Å². The summed E-state index contributed by atoms with van der Waals surface area (Å²) in [5.74, 6) is 19.6. The number of carbonyl (C=O) groups excluding carboxylic acids is 3. The predicted molar refractivity (Wildman–Crippen MR) is 536 cm³/mol. The molecule has 15 nitrogen and oxygen atoms in total. The van der Waals surface area contributed by atoms with E-state index in [4.69, 9.17) is 29.4 Å². The van der Waals surface area contributed by atoms with E-state index in [9.17, 15) is 19.5 Å². The summed E-state index contributed by atoms with van der Waals surface area (Å²) < 4.78 is 34.0. The Kier molecular flexibility index (Phi) is 26.9. The van der Waals surface area contributed by atoms with Gasteiger partial charge in [0.15, 0.2) is 0 Å². The topological polar surface area (TPSA) is 195 Å². The fraction of sp³-hybridized carbons (Fsp3) is 0.908. The summed E-state index contributed by atoms with van der Waals surface area (Å²) in [6.45, 7) is 50.0. The van der Waals surface area contributed by atoms with Crippen LogP contribution < -0.4 is 27.0 Å². The van der Waals surface area contributed by atoms with Crippen LogP contribution in [0.4, 0.5) is 0 Å². The first-order chi connectivity index (χ1) is 64.0. The van der Waals surface area contributed by atoms with Gasteiger partial charge in [-0.05, 0) is 431 Å². The standard InChI is InChI=1S/C32H50N2O3.C30H48N2O3.C29H47NO.C28H45NO2/c1-19-14-29-30(34(18-19)13-12-33-22(4)35)21(3)32(37-29)11-9-25-26-7-6-23-15-24(36)8-10-31(23,5)28(26)16-27(25)20(2)17-32;1-17-11-26-28(32-16-17)19(3)30(35-26)10-8-22-23-6-5-20-12-21(34-27(33)15-31)7-9-29(20,4)25(23)13-24(22)18(2)14-30;1-17-8-10-28(5)21(12-17)6-7-23-22-9-11-29(15-19(3)24(22)14-25(23)28)20(4)27-26(31-29)13-18(2)16-30-27;1-16-11-25-26(29-15-16)18(3)28(31-25)10-8-21-22-6-5-19-12-20(30)7-9-27(19,4)24(22)13-23(21)17(2)14-28/h19,21,23,25-26,28-30H,6-18H2,1-5H3,(H,33,35);17,19-23,25-26,28,32H,5-16,31H2,1-4H3;17-18,20-23,25-27,30H,6-16H2,1-5H3;16,18-22,24-26,29-30H,5-15H2,1-4H3/t19-,21+,23+,25-,26-,28-,29+,30-,31-,32-;17-,19+,20+,21+,22-,23-,25-,26+,28-,29-,30-;17-,18+,20-,21-,22+,23+,25+,26-,27+,28+,29+;16-,18+,19+,20+,21-,22-,24-,25+,26-,27-,28-/m0010/s1. The Hall–Kier alpha value is -2.83. The molecule has 12 saturated carbocycles. The molecule has 0 aromatic carbocycles. The van der Waals surface area contributed by atoms with Crippen molar-refractivity contribution < 1.29 is 43.2 Å². The van der Waals surface area contributed by atoms with Crippen LogP contribution in [-0.2, 0) is 38.1 Å². The second-order valence-electron chi connectivity index (χ2n) is 54.8. The number of aliphatic hydroxyl groups is 1. The molecule has 0 radical (unpaired) electrons.